The molecule has 0 N–H and O–H groups in total. The van der Waals surface area contributed by atoms with Crippen LogP contribution in [0.25, 0.3) is 0 Å². The standard InChI is InChI=1S/C8H3F4NO/c9-5-3-1-2-4-6(5)8(10,11)13(12)7(4)14/h1-3H. The highest BCUT2D eigenvalue weighted by atomic mass is 19.3. The van der Waals surface area contributed by atoms with E-state index in [4.69, 9.17) is 0 Å². The van der Waals surface area contributed by atoms with E-state index in [9.17, 15) is 22.4 Å². The maximum absolute atomic E-state index is 12.9. The second-order valence-corrected chi connectivity index (χ2v) is 2.79. The highest BCUT2D eigenvalue weighted by Gasteiger charge is 2.54. The van der Waals surface area contributed by atoms with E-state index in [1.54, 1.807) is 0 Å². The van der Waals surface area contributed by atoms with Crippen molar-refractivity contribution in [3.63, 3.8) is 0 Å². The summed E-state index contributed by atoms with van der Waals surface area (Å²) in [5, 5.41) is -1.26. The minimum absolute atomic E-state index is 0.641. The Balaban J connectivity index is 2.75. The third kappa shape index (κ3) is 0.878. The lowest BCUT2D eigenvalue weighted by atomic mass is 10.1. The fourth-order valence-corrected chi connectivity index (χ4v) is 1.34. The van der Waals surface area contributed by atoms with Gasteiger partial charge >= 0.3 is 6.05 Å². The van der Waals surface area contributed by atoms with Crippen LogP contribution in [0.2, 0.25) is 0 Å². The fourth-order valence-electron chi connectivity index (χ4n) is 1.34. The molecule has 1 heterocycles. The molecule has 0 unspecified atom stereocenters. The molecule has 2 rings (SSSR count). The second-order valence-electron chi connectivity index (χ2n) is 2.79. The van der Waals surface area contributed by atoms with E-state index >= 15 is 0 Å². The van der Waals surface area contributed by atoms with Gasteiger partial charge in [-0.15, -0.1) is 5.12 Å². The summed E-state index contributed by atoms with van der Waals surface area (Å²) in [7, 11) is 0. The first-order valence-electron chi connectivity index (χ1n) is 3.63. The topological polar surface area (TPSA) is 20.3 Å². The lowest BCUT2D eigenvalue weighted by Gasteiger charge is -2.14. The summed E-state index contributed by atoms with van der Waals surface area (Å²) in [6.07, 6.45) is 0. The SMILES string of the molecule is O=C1c2cccc(F)c2C(F)(F)N1F. The van der Waals surface area contributed by atoms with Crippen LogP contribution in [0.15, 0.2) is 18.2 Å². The largest absolute Gasteiger partial charge is 0.384 e. The lowest BCUT2D eigenvalue weighted by Crippen LogP contribution is -2.29. The van der Waals surface area contributed by atoms with Gasteiger partial charge < -0.3 is 0 Å². The lowest BCUT2D eigenvalue weighted by molar-refractivity contribution is -0.203. The van der Waals surface area contributed by atoms with Gasteiger partial charge in [-0.2, -0.15) is 8.78 Å². The molecule has 2 nitrogen and oxygen atoms in total. The van der Waals surface area contributed by atoms with Crippen LogP contribution in [-0.2, 0) is 6.05 Å². The van der Waals surface area contributed by atoms with Gasteiger partial charge in [-0.1, -0.05) is 10.5 Å². The number of alkyl halides is 2. The number of fused-ring (bicyclic) bond motifs is 1. The molecule has 1 aromatic carbocycles. The van der Waals surface area contributed by atoms with Crippen LogP contribution in [0.3, 0.4) is 0 Å². The first-order valence-corrected chi connectivity index (χ1v) is 3.63. The average Bonchev–Trinajstić information content (AvgIpc) is 2.29. The smallest absolute Gasteiger partial charge is 0.266 e. The molecular weight excluding hydrogens is 202 g/mol. The summed E-state index contributed by atoms with van der Waals surface area (Å²) in [5.41, 5.74) is -1.84. The van der Waals surface area contributed by atoms with Crippen molar-refractivity contribution in [3.8, 4) is 0 Å². The minimum Gasteiger partial charge on any atom is -0.266 e. The van der Waals surface area contributed by atoms with Gasteiger partial charge in [0.05, 0.1) is 11.1 Å². The van der Waals surface area contributed by atoms with E-state index in [0.717, 1.165) is 18.2 Å². The van der Waals surface area contributed by atoms with Gasteiger partial charge in [0, 0.05) is 0 Å². The van der Waals surface area contributed by atoms with Crippen molar-refractivity contribution in [2.75, 3.05) is 0 Å². The predicted octanol–water partition coefficient (Wildman–Crippen LogP) is 2.22. The first kappa shape index (κ1) is 8.98. The zero-order valence-electron chi connectivity index (χ0n) is 6.60. The van der Waals surface area contributed by atoms with Gasteiger partial charge in [0.15, 0.2) is 0 Å². The normalized spacial score (nSPS) is 18.6. The highest BCUT2D eigenvalue weighted by Crippen LogP contribution is 2.43. The van der Waals surface area contributed by atoms with Crippen LogP contribution >= 0.6 is 0 Å². The molecule has 0 bridgehead atoms. The number of nitrogens with zero attached hydrogens (tertiary/aromatic N) is 1. The number of carbonyl (C=O) groups is 1. The summed E-state index contributed by atoms with van der Waals surface area (Å²) in [5.74, 6) is -2.81. The van der Waals surface area contributed by atoms with E-state index < -0.39 is 34.0 Å². The Morgan fingerprint density at radius 2 is 1.93 bits per heavy atom. The van der Waals surface area contributed by atoms with Crippen molar-refractivity contribution in [2.45, 2.75) is 6.05 Å². The zero-order chi connectivity index (χ0) is 10.5. The molecule has 74 valence electrons. The van der Waals surface area contributed by atoms with Crippen LogP contribution in [0.1, 0.15) is 15.9 Å². The number of halogens is 4. The third-order valence-corrected chi connectivity index (χ3v) is 1.97. The molecule has 1 aliphatic rings. The Kier molecular flexibility index (Phi) is 1.58. The van der Waals surface area contributed by atoms with Gasteiger partial charge in [0.2, 0.25) is 0 Å². The van der Waals surface area contributed by atoms with Crippen molar-refractivity contribution in [1.82, 2.24) is 5.12 Å². The number of rotatable bonds is 0. The van der Waals surface area contributed by atoms with Crippen molar-refractivity contribution in [1.29, 1.82) is 0 Å². The molecule has 1 amide bonds. The molecule has 0 saturated heterocycles. The molecule has 0 atom stereocenters. The molecule has 6 heteroatoms. The summed E-state index contributed by atoms with van der Waals surface area (Å²) < 4.78 is 51.4. The molecule has 14 heavy (non-hydrogen) atoms. The van der Waals surface area contributed by atoms with Gasteiger partial charge in [-0.3, -0.25) is 4.79 Å². The first-order chi connectivity index (χ1) is 6.46. The van der Waals surface area contributed by atoms with E-state index in [1.165, 1.54) is 0 Å². The Bertz CT molecular complexity index is 418. The molecule has 0 saturated carbocycles. The quantitative estimate of drug-likeness (QED) is 0.361. The van der Waals surface area contributed by atoms with Crippen LogP contribution < -0.4 is 0 Å². The van der Waals surface area contributed by atoms with Crippen molar-refractivity contribution < 1.29 is 22.4 Å². The van der Waals surface area contributed by atoms with Crippen molar-refractivity contribution in [2.24, 2.45) is 0 Å². The van der Waals surface area contributed by atoms with Crippen LogP contribution in [0.4, 0.5) is 17.7 Å². The van der Waals surface area contributed by atoms with Gasteiger partial charge in [0.25, 0.3) is 5.91 Å². The van der Waals surface area contributed by atoms with Gasteiger partial charge in [0.1, 0.15) is 5.82 Å². The molecule has 0 fully saturated rings. The number of hydrogen-bond donors (Lipinski definition) is 0. The molecular formula is C8H3F4NO. The zero-order valence-corrected chi connectivity index (χ0v) is 6.60. The van der Waals surface area contributed by atoms with Gasteiger partial charge in [-0.05, 0) is 12.1 Å². The Hall–Kier alpha value is -1.59. The third-order valence-electron chi connectivity index (χ3n) is 1.97. The number of carbonyl (C=O) groups excluding carboxylic acids is 1. The van der Waals surface area contributed by atoms with E-state index in [2.05, 4.69) is 0 Å². The molecule has 0 aromatic heterocycles. The summed E-state index contributed by atoms with van der Waals surface area (Å²) in [6, 6.07) is -1.44. The van der Waals surface area contributed by atoms with Crippen LogP contribution in [0.5, 0.6) is 0 Å². The fraction of sp³-hybridized carbons (Fsp3) is 0.125. The Labute approximate surface area is 75.7 Å². The van der Waals surface area contributed by atoms with Crippen LogP contribution in [-0.4, -0.2) is 11.0 Å². The Morgan fingerprint density at radius 1 is 1.29 bits per heavy atom. The summed E-state index contributed by atoms with van der Waals surface area (Å²) >= 11 is 0. The second kappa shape index (κ2) is 2.46. The van der Waals surface area contributed by atoms with E-state index in [0.29, 0.717) is 0 Å². The summed E-state index contributed by atoms with van der Waals surface area (Å²) in [4.78, 5) is 10.9. The number of hydrogen-bond acceptors (Lipinski definition) is 1. The Morgan fingerprint density at radius 3 is 2.50 bits per heavy atom. The number of amides is 1. The predicted molar refractivity (Wildman–Crippen MR) is 37.6 cm³/mol. The minimum atomic E-state index is -4.21. The van der Waals surface area contributed by atoms with E-state index in [-0.39, 0.29) is 0 Å². The average molecular weight is 205 g/mol. The van der Waals surface area contributed by atoms with E-state index in [1.807, 2.05) is 0 Å². The molecule has 1 aliphatic heterocycles. The molecule has 0 spiro atoms. The maximum atomic E-state index is 12.9. The van der Waals surface area contributed by atoms with Crippen molar-refractivity contribution >= 4 is 5.91 Å². The highest BCUT2D eigenvalue weighted by molar-refractivity contribution is 5.98. The van der Waals surface area contributed by atoms with Crippen LogP contribution in [0, 0.1) is 5.82 Å². The molecule has 1 aromatic rings. The summed E-state index contributed by atoms with van der Waals surface area (Å²) in [6.45, 7) is 0. The molecule has 0 aliphatic carbocycles. The molecule has 0 radical (unpaired) electrons. The number of benzene rings is 1. The maximum Gasteiger partial charge on any atom is 0.384 e. The van der Waals surface area contributed by atoms with Crippen molar-refractivity contribution in [3.05, 3.63) is 35.1 Å². The van der Waals surface area contributed by atoms with Gasteiger partial charge in [-0.25, -0.2) is 4.39 Å². The monoisotopic (exact) mass is 205 g/mol.